The van der Waals surface area contributed by atoms with Gasteiger partial charge in [-0.1, -0.05) is 12.2 Å². The van der Waals surface area contributed by atoms with E-state index in [1.54, 1.807) is 0 Å². The fourth-order valence-electron chi connectivity index (χ4n) is 3.45. The Morgan fingerprint density at radius 3 is 2.89 bits per heavy atom. The highest BCUT2D eigenvalue weighted by Gasteiger charge is 2.49. The summed E-state index contributed by atoms with van der Waals surface area (Å²) < 4.78 is 5.42. The molecule has 3 atom stereocenters. The van der Waals surface area contributed by atoms with Crippen molar-refractivity contribution in [2.24, 2.45) is 11.8 Å². The van der Waals surface area contributed by atoms with Gasteiger partial charge in [0.25, 0.3) is 0 Å². The first-order valence-corrected chi connectivity index (χ1v) is 6.49. The molecule has 3 rings (SSSR count). The van der Waals surface area contributed by atoms with E-state index in [2.05, 4.69) is 6.58 Å². The summed E-state index contributed by atoms with van der Waals surface area (Å²) in [6.45, 7) is 5.57. The molecule has 0 aromatic heterocycles. The van der Waals surface area contributed by atoms with Crippen molar-refractivity contribution in [3.05, 3.63) is 34.9 Å². The van der Waals surface area contributed by atoms with Crippen LogP contribution >= 0.6 is 0 Å². The molecule has 1 fully saturated rings. The number of hydrogen-bond acceptors (Lipinski definition) is 4. The lowest BCUT2D eigenvalue weighted by Crippen LogP contribution is -2.28. The molecule has 0 saturated carbocycles. The highest BCUT2D eigenvalue weighted by Crippen LogP contribution is 2.47. The molecule has 1 heterocycles. The first kappa shape index (κ1) is 12.4. The van der Waals surface area contributed by atoms with Gasteiger partial charge in [0.15, 0.2) is 5.78 Å². The molecular formula is C15H16O4. The van der Waals surface area contributed by atoms with Crippen molar-refractivity contribution in [3.8, 4) is 0 Å². The number of esters is 1. The van der Waals surface area contributed by atoms with Gasteiger partial charge in [-0.3, -0.25) is 4.79 Å². The predicted octanol–water partition coefficient (Wildman–Crippen LogP) is 1.31. The van der Waals surface area contributed by atoms with Crippen LogP contribution in [-0.2, 0) is 14.3 Å². The van der Waals surface area contributed by atoms with Crippen molar-refractivity contribution in [1.82, 2.24) is 0 Å². The van der Waals surface area contributed by atoms with E-state index in [1.165, 1.54) is 6.08 Å². The zero-order chi connectivity index (χ0) is 13.7. The topological polar surface area (TPSA) is 63.6 Å². The van der Waals surface area contributed by atoms with Gasteiger partial charge in [-0.25, -0.2) is 4.79 Å². The second kappa shape index (κ2) is 4.17. The Balaban J connectivity index is 2.09. The Morgan fingerprint density at radius 2 is 2.21 bits per heavy atom. The number of ether oxygens (including phenoxy) is 1. The fourth-order valence-corrected chi connectivity index (χ4v) is 3.45. The lowest BCUT2D eigenvalue weighted by Gasteiger charge is -2.24. The molecule has 0 aromatic carbocycles. The van der Waals surface area contributed by atoms with Gasteiger partial charge < -0.3 is 9.84 Å². The fraction of sp³-hybridized carbons (Fsp3) is 0.467. The van der Waals surface area contributed by atoms with Gasteiger partial charge >= 0.3 is 5.97 Å². The molecule has 0 bridgehead atoms. The Bertz CT molecular complexity index is 552. The Kier molecular flexibility index (Phi) is 2.71. The summed E-state index contributed by atoms with van der Waals surface area (Å²) in [5, 5.41) is 9.45. The molecule has 1 aliphatic heterocycles. The number of allylic oxidation sites excluding steroid dienone is 2. The van der Waals surface area contributed by atoms with Crippen molar-refractivity contribution >= 4 is 11.8 Å². The Hall–Kier alpha value is -1.68. The number of carbonyl (C=O) groups excluding carboxylic acids is 2. The van der Waals surface area contributed by atoms with Crippen LogP contribution in [0, 0.1) is 11.8 Å². The van der Waals surface area contributed by atoms with Crippen molar-refractivity contribution in [3.63, 3.8) is 0 Å². The van der Waals surface area contributed by atoms with Crippen LogP contribution in [0.2, 0.25) is 0 Å². The summed E-state index contributed by atoms with van der Waals surface area (Å²) >= 11 is 0. The minimum Gasteiger partial charge on any atom is -0.457 e. The number of fused-ring (bicyclic) bond motifs is 3. The minimum absolute atomic E-state index is 0.0502. The number of rotatable bonds is 1. The summed E-state index contributed by atoms with van der Waals surface area (Å²) in [7, 11) is 0. The maximum Gasteiger partial charge on any atom is 0.334 e. The van der Waals surface area contributed by atoms with Crippen LogP contribution in [0.15, 0.2) is 34.9 Å². The molecule has 4 heteroatoms. The predicted molar refractivity (Wildman–Crippen MR) is 68.1 cm³/mol. The Morgan fingerprint density at radius 1 is 1.47 bits per heavy atom. The molecule has 0 radical (unpaired) electrons. The number of carbonyl (C=O) groups is 2. The van der Waals surface area contributed by atoms with Crippen LogP contribution < -0.4 is 0 Å². The molecule has 100 valence electrons. The molecule has 1 N–H and O–H groups in total. The molecule has 4 nitrogen and oxygen atoms in total. The van der Waals surface area contributed by atoms with Crippen LogP contribution in [0.1, 0.15) is 19.8 Å². The largest absolute Gasteiger partial charge is 0.457 e. The SMILES string of the molecule is C=C1C(=O)OC2C1CCC(C)=C1C(=O)C=C(CO)C12. The second-order valence-electron chi connectivity index (χ2n) is 5.45. The zero-order valence-electron chi connectivity index (χ0n) is 10.8. The van der Waals surface area contributed by atoms with Crippen molar-refractivity contribution in [2.45, 2.75) is 25.9 Å². The minimum atomic E-state index is -0.378. The molecule has 3 aliphatic rings. The van der Waals surface area contributed by atoms with Gasteiger partial charge in [0.2, 0.25) is 0 Å². The summed E-state index contributed by atoms with van der Waals surface area (Å²) in [6, 6.07) is 0. The average molecular weight is 260 g/mol. The van der Waals surface area contributed by atoms with Crippen LogP contribution in [0.25, 0.3) is 0 Å². The molecule has 19 heavy (non-hydrogen) atoms. The van der Waals surface area contributed by atoms with E-state index >= 15 is 0 Å². The second-order valence-corrected chi connectivity index (χ2v) is 5.45. The third-order valence-electron chi connectivity index (χ3n) is 4.44. The van der Waals surface area contributed by atoms with E-state index < -0.39 is 0 Å². The molecule has 0 aromatic rings. The van der Waals surface area contributed by atoms with E-state index in [-0.39, 0.29) is 36.3 Å². The number of ketones is 1. The van der Waals surface area contributed by atoms with E-state index in [0.717, 1.165) is 18.4 Å². The molecule has 3 unspecified atom stereocenters. The Labute approximate surface area is 111 Å². The van der Waals surface area contributed by atoms with Crippen molar-refractivity contribution < 1.29 is 19.4 Å². The van der Waals surface area contributed by atoms with E-state index in [1.807, 2.05) is 6.92 Å². The lowest BCUT2D eigenvalue weighted by molar-refractivity contribution is -0.140. The van der Waals surface area contributed by atoms with E-state index in [9.17, 15) is 14.7 Å². The standard InChI is InChI=1S/C15H16O4/c1-7-3-4-10-8(2)15(18)19-14(10)13-9(6-16)5-11(17)12(7)13/h5,10,13-14,16H,2-4,6H2,1H3. The van der Waals surface area contributed by atoms with Gasteiger partial charge in [-0.2, -0.15) is 0 Å². The summed E-state index contributed by atoms with van der Waals surface area (Å²) in [5.74, 6) is -0.759. The van der Waals surface area contributed by atoms with Gasteiger partial charge in [0.05, 0.1) is 6.61 Å². The third kappa shape index (κ3) is 1.63. The van der Waals surface area contributed by atoms with Crippen LogP contribution in [-0.4, -0.2) is 29.6 Å². The van der Waals surface area contributed by atoms with Crippen molar-refractivity contribution in [2.75, 3.05) is 6.61 Å². The van der Waals surface area contributed by atoms with Gasteiger partial charge in [0.1, 0.15) is 6.10 Å². The first-order chi connectivity index (χ1) is 9.04. The normalized spacial score (nSPS) is 33.9. The van der Waals surface area contributed by atoms with Crippen molar-refractivity contribution in [1.29, 1.82) is 0 Å². The molecule has 0 spiro atoms. The van der Waals surface area contributed by atoms with Gasteiger partial charge in [0, 0.05) is 23.0 Å². The first-order valence-electron chi connectivity index (χ1n) is 6.49. The highest BCUT2D eigenvalue weighted by molar-refractivity contribution is 6.09. The summed E-state index contributed by atoms with van der Waals surface area (Å²) in [6.07, 6.45) is 2.65. The van der Waals surface area contributed by atoms with E-state index in [4.69, 9.17) is 4.74 Å². The van der Waals surface area contributed by atoms with Crippen LogP contribution in [0.3, 0.4) is 0 Å². The number of hydrogen-bond donors (Lipinski definition) is 1. The lowest BCUT2D eigenvalue weighted by atomic mass is 9.83. The highest BCUT2D eigenvalue weighted by atomic mass is 16.6. The number of aliphatic hydroxyl groups excluding tert-OH is 1. The van der Waals surface area contributed by atoms with E-state index in [0.29, 0.717) is 16.7 Å². The summed E-state index contributed by atoms with van der Waals surface area (Å²) in [5.41, 5.74) is 2.89. The molecule has 0 amide bonds. The van der Waals surface area contributed by atoms with Crippen LogP contribution in [0.5, 0.6) is 0 Å². The maximum absolute atomic E-state index is 12.1. The maximum atomic E-state index is 12.1. The van der Waals surface area contributed by atoms with Gasteiger partial charge in [-0.05, 0) is 31.4 Å². The van der Waals surface area contributed by atoms with Gasteiger partial charge in [-0.15, -0.1) is 0 Å². The number of aliphatic hydroxyl groups is 1. The van der Waals surface area contributed by atoms with Crippen LogP contribution in [0.4, 0.5) is 0 Å². The summed E-state index contributed by atoms with van der Waals surface area (Å²) in [4.78, 5) is 23.8. The molecular weight excluding hydrogens is 244 g/mol. The third-order valence-corrected chi connectivity index (χ3v) is 4.44. The smallest absolute Gasteiger partial charge is 0.334 e. The molecule has 1 saturated heterocycles. The monoisotopic (exact) mass is 260 g/mol. The average Bonchev–Trinajstić information content (AvgIpc) is 2.80. The molecule has 2 aliphatic carbocycles. The quantitative estimate of drug-likeness (QED) is 0.570. The zero-order valence-corrected chi connectivity index (χ0v) is 10.8.